The third-order valence-electron chi connectivity index (χ3n) is 5.14. The van der Waals surface area contributed by atoms with Gasteiger partial charge < -0.3 is 0 Å². The third kappa shape index (κ3) is 2.98. The number of rotatable bonds is 1. The second-order valence-electron chi connectivity index (χ2n) is 6.60. The minimum Gasteiger partial charge on any atom is -0.298 e. The molecule has 3 saturated heterocycles. The lowest BCUT2D eigenvalue weighted by Gasteiger charge is -2.50. The molecule has 3 atom stereocenters. The van der Waals surface area contributed by atoms with Crippen LogP contribution in [0.5, 0.6) is 0 Å². The van der Waals surface area contributed by atoms with Gasteiger partial charge in [0.2, 0.25) is 0 Å². The molecule has 0 amide bonds. The predicted molar refractivity (Wildman–Crippen MR) is 77.1 cm³/mol. The molecule has 0 radical (unpaired) electrons. The minimum absolute atomic E-state index is 0.276. The van der Waals surface area contributed by atoms with Crippen molar-refractivity contribution in [3.8, 4) is 0 Å². The molecule has 0 aromatic heterocycles. The van der Waals surface area contributed by atoms with Crippen LogP contribution in [0.1, 0.15) is 39.0 Å². The first-order valence-corrected chi connectivity index (χ1v) is 9.57. The van der Waals surface area contributed by atoms with Crippen LogP contribution in [0, 0.1) is 0 Å². The van der Waals surface area contributed by atoms with Gasteiger partial charge in [0.15, 0.2) is 9.84 Å². The Kier molecular flexibility index (Phi) is 3.89. The summed E-state index contributed by atoms with van der Waals surface area (Å²) in [6.45, 7) is 5.72. The summed E-state index contributed by atoms with van der Waals surface area (Å²) >= 11 is 0. The summed E-state index contributed by atoms with van der Waals surface area (Å²) in [6, 6.07) is 1.46. The quantitative estimate of drug-likeness (QED) is 0.724. The molecule has 110 valence electrons. The highest BCUT2D eigenvalue weighted by Gasteiger charge is 2.38. The summed E-state index contributed by atoms with van der Waals surface area (Å²) in [4.78, 5) is 5.13. The maximum atomic E-state index is 11.9. The largest absolute Gasteiger partial charge is 0.298 e. The van der Waals surface area contributed by atoms with Gasteiger partial charge in [-0.15, -0.1) is 0 Å². The molecule has 3 rings (SSSR count). The SMILES string of the molecule is CC1CN2CCCCC2CN1C1CCCS(=O)(=O)C1. The van der Waals surface area contributed by atoms with E-state index in [1.807, 2.05) is 0 Å². The third-order valence-corrected chi connectivity index (χ3v) is 6.95. The van der Waals surface area contributed by atoms with Crippen molar-refractivity contribution in [2.75, 3.05) is 31.1 Å². The van der Waals surface area contributed by atoms with Crippen LogP contribution in [0.2, 0.25) is 0 Å². The molecule has 0 spiro atoms. The standard InChI is InChI=1S/C14H26N2O2S/c1-12-9-15-7-3-2-5-13(15)10-16(12)14-6-4-8-19(17,18)11-14/h12-14H,2-11H2,1H3. The van der Waals surface area contributed by atoms with Crippen molar-refractivity contribution in [1.29, 1.82) is 0 Å². The molecule has 0 saturated carbocycles. The summed E-state index contributed by atoms with van der Waals surface area (Å²) in [5, 5.41) is 0. The van der Waals surface area contributed by atoms with E-state index in [1.165, 1.54) is 25.8 Å². The van der Waals surface area contributed by atoms with Crippen molar-refractivity contribution < 1.29 is 8.42 Å². The van der Waals surface area contributed by atoms with Gasteiger partial charge in [-0.1, -0.05) is 6.42 Å². The lowest BCUT2D eigenvalue weighted by molar-refractivity contribution is -0.00569. The maximum Gasteiger partial charge on any atom is 0.151 e. The van der Waals surface area contributed by atoms with Gasteiger partial charge in [-0.05, 0) is 39.2 Å². The second-order valence-corrected chi connectivity index (χ2v) is 8.83. The molecule has 4 nitrogen and oxygen atoms in total. The Bertz CT molecular complexity index is 423. The van der Waals surface area contributed by atoms with Crippen molar-refractivity contribution in [1.82, 2.24) is 9.80 Å². The Morgan fingerprint density at radius 2 is 1.79 bits per heavy atom. The average Bonchev–Trinajstić information content (AvgIpc) is 2.36. The molecule has 0 bridgehead atoms. The van der Waals surface area contributed by atoms with E-state index in [0.717, 1.165) is 25.9 Å². The van der Waals surface area contributed by atoms with Crippen LogP contribution in [0.15, 0.2) is 0 Å². The van der Waals surface area contributed by atoms with E-state index in [1.54, 1.807) is 0 Å². The Labute approximate surface area is 117 Å². The second kappa shape index (κ2) is 5.34. The molecular weight excluding hydrogens is 260 g/mol. The number of piperidine rings is 1. The number of nitrogens with zero attached hydrogens (tertiary/aromatic N) is 2. The molecule has 3 aliphatic heterocycles. The van der Waals surface area contributed by atoms with E-state index in [0.29, 0.717) is 23.6 Å². The Morgan fingerprint density at radius 1 is 1.00 bits per heavy atom. The lowest BCUT2D eigenvalue weighted by atomic mass is 9.95. The average molecular weight is 286 g/mol. The molecule has 0 aromatic rings. The van der Waals surface area contributed by atoms with Crippen LogP contribution in [0.3, 0.4) is 0 Å². The lowest BCUT2D eigenvalue weighted by Crippen LogP contribution is -2.62. The van der Waals surface area contributed by atoms with Crippen molar-refractivity contribution in [2.45, 2.75) is 57.2 Å². The molecule has 0 aliphatic carbocycles. The zero-order chi connectivity index (χ0) is 13.5. The van der Waals surface area contributed by atoms with Crippen LogP contribution in [-0.4, -0.2) is 67.5 Å². The Hall–Kier alpha value is -0.130. The summed E-state index contributed by atoms with van der Waals surface area (Å²) in [6.07, 6.45) is 5.89. The predicted octanol–water partition coefficient (Wildman–Crippen LogP) is 1.12. The van der Waals surface area contributed by atoms with Crippen LogP contribution in [-0.2, 0) is 9.84 Å². The van der Waals surface area contributed by atoms with Gasteiger partial charge in [0.1, 0.15) is 0 Å². The zero-order valence-electron chi connectivity index (χ0n) is 11.9. The van der Waals surface area contributed by atoms with Gasteiger partial charge in [-0.25, -0.2) is 8.42 Å². The molecule has 3 heterocycles. The highest BCUT2D eigenvalue weighted by atomic mass is 32.2. The summed E-state index contributed by atoms with van der Waals surface area (Å²) in [7, 11) is -2.79. The molecule has 19 heavy (non-hydrogen) atoms. The van der Waals surface area contributed by atoms with Crippen LogP contribution >= 0.6 is 0 Å². The van der Waals surface area contributed by atoms with E-state index < -0.39 is 9.84 Å². The van der Waals surface area contributed by atoms with Crippen LogP contribution in [0.25, 0.3) is 0 Å². The van der Waals surface area contributed by atoms with Crippen LogP contribution < -0.4 is 0 Å². The fourth-order valence-electron chi connectivity index (χ4n) is 4.14. The van der Waals surface area contributed by atoms with E-state index in [9.17, 15) is 8.42 Å². The van der Waals surface area contributed by atoms with Crippen molar-refractivity contribution in [3.63, 3.8) is 0 Å². The first-order valence-electron chi connectivity index (χ1n) is 7.75. The number of piperazine rings is 1. The van der Waals surface area contributed by atoms with Gasteiger partial charge >= 0.3 is 0 Å². The monoisotopic (exact) mass is 286 g/mol. The van der Waals surface area contributed by atoms with Gasteiger partial charge in [-0.3, -0.25) is 9.80 Å². The molecule has 3 aliphatic rings. The fraction of sp³-hybridized carbons (Fsp3) is 1.00. The molecule has 5 heteroatoms. The van der Waals surface area contributed by atoms with Gasteiger partial charge in [0.25, 0.3) is 0 Å². The maximum absolute atomic E-state index is 11.9. The first-order chi connectivity index (χ1) is 9.05. The van der Waals surface area contributed by atoms with E-state index in [4.69, 9.17) is 0 Å². The Balaban J connectivity index is 1.70. The molecular formula is C14H26N2O2S. The highest BCUT2D eigenvalue weighted by molar-refractivity contribution is 7.91. The van der Waals surface area contributed by atoms with Gasteiger partial charge in [0, 0.05) is 31.2 Å². The minimum atomic E-state index is -2.79. The van der Waals surface area contributed by atoms with Crippen molar-refractivity contribution in [2.24, 2.45) is 0 Å². The van der Waals surface area contributed by atoms with E-state index in [-0.39, 0.29) is 6.04 Å². The van der Waals surface area contributed by atoms with Gasteiger partial charge in [-0.2, -0.15) is 0 Å². The molecule has 0 N–H and O–H groups in total. The van der Waals surface area contributed by atoms with Crippen molar-refractivity contribution in [3.05, 3.63) is 0 Å². The normalized spacial score (nSPS) is 40.8. The van der Waals surface area contributed by atoms with Crippen LogP contribution in [0.4, 0.5) is 0 Å². The van der Waals surface area contributed by atoms with E-state index in [2.05, 4.69) is 16.7 Å². The summed E-state index contributed by atoms with van der Waals surface area (Å²) in [5.74, 6) is 0.797. The number of hydrogen-bond donors (Lipinski definition) is 0. The molecule has 3 fully saturated rings. The summed E-state index contributed by atoms with van der Waals surface area (Å²) < 4.78 is 23.7. The smallest absolute Gasteiger partial charge is 0.151 e. The summed E-state index contributed by atoms with van der Waals surface area (Å²) in [5.41, 5.74) is 0. The molecule has 0 aromatic carbocycles. The fourth-order valence-corrected chi connectivity index (χ4v) is 5.86. The molecule has 3 unspecified atom stereocenters. The first kappa shape index (κ1) is 13.8. The number of hydrogen-bond acceptors (Lipinski definition) is 4. The topological polar surface area (TPSA) is 40.6 Å². The Morgan fingerprint density at radius 3 is 2.58 bits per heavy atom. The van der Waals surface area contributed by atoms with Gasteiger partial charge in [0.05, 0.1) is 11.5 Å². The zero-order valence-corrected chi connectivity index (χ0v) is 12.7. The number of fused-ring (bicyclic) bond motifs is 1. The van der Waals surface area contributed by atoms with Crippen molar-refractivity contribution >= 4 is 9.84 Å². The number of sulfone groups is 1. The highest BCUT2D eigenvalue weighted by Crippen LogP contribution is 2.28. The van der Waals surface area contributed by atoms with E-state index >= 15 is 0 Å².